The van der Waals surface area contributed by atoms with Crippen molar-refractivity contribution in [1.82, 2.24) is 20.0 Å². The molecule has 0 unspecified atom stereocenters. The summed E-state index contributed by atoms with van der Waals surface area (Å²) in [5.74, 6) is 1.24. The Balaban J connectivity index is 1.43. The molecule has 0 N–H and O–H groups in total. The highest BCUT2D eigenvalue weighted by molar-refractivity contribution is 5.40. The van der Waals surface area contributed by atoms with Crippen molar-refractivity contribution in [3.05, 3.63) is 30.1 Å². The smallest absolute Gasteiger partial charge is 0.175 e. The lowest BCUT2D eigenvalue weighted by Crippen LogP contribution is -2.45. The normalized spacial score (nSPS) is 23.6. The van der Waals surface area contributed by atoms with Crippen LogP contribution in [-0.4, -0.2) is 51.6 Å². The minimum atomic E-state index is -0.379. The van der Waals surface area contributed by atoms with Crippen molar-refractivity contribution in [3.63, 3.8) is 0 Å². The Labute approximate surface area is 135 Å². The molecule has 2 aliphatic heterocycles. The van der Waals surface area contributed by atoms with Crippen molar-refractivity contribution >= 4 is 5.82 Å². The molecule has 0 amide bonds. The lowest BCUT2D eigenvalue weighted by atomic mass is 10.0. The van der Waals surface area contributed by atoms with E-state index in [1.165, 1.54) is 0 Å². The quantitative estimate of drug-likeness (QED) is 0.840. The van der Waals surface area contributed by atoms with E-state index in [1.807, 2.05) is 31.3 Å². The van der Waals surface area contributed by atoms with Crippen LogP contribution < -0.4 is 4.90 Å². The lowest BCUT2D eigenvalue weighted by Gasteiger charge is -2.38. The van der Waals surface area contributed by atoms with E-state index < -0.39 is 0 Å². The van der Waals surface area contributed by atoms with Crippen LogP contribution >= 0.6 is 0 Å². The van der Waals surface area contributed by atoms with Crippen molar-refractivity contribution in [2.45, 2.75) is 38.6 Å². The van der Waals surface area contributed by atoms with Gasteiger partial charge in [-0.2, -0.15) is 5.10 Å². The second-order valence-corrected chi connectivity index (χ2v) is 6.29. The molecule has 0 aromatic carbocycles. The predicted octanol–water partition coefficient (Wildman–Crippen LogP) is 1.70. The number of hydrogen-bond acceptors (Lipinski definition) is 6. The summed E-state index contributed by atoms with van der Waals surface area (Å²) < 4.78 is 13.6. The van der Waals surface area contributed by atoms with Gasteiger partial charge in [-0.05, 0) is 32.0 Å². The minimum Gasteiger partial charge on any atom is -0.355 e. The van der Waals surface area contributed by atoms with Gasteiger partial charge in [-0.3, -0.25) is 0 Å². The number of aromatic nitrogens is 4. The Bertz CT molecular complexity index is 676. The summed E-state index contributed by atoms with van der Waals surface area (Å²) in [7, 11) is 0. The van der Waals surface area contributed by atoms with Crippen LogP contribution in [0.4, 0.5) is 5.82 Å². The molecule has 23 heavy (non-hydrogen) atoms. The molecule has 122 valence electrons. The average molecular weight is 315 g/mol. The van der Waals surface area contributed by atoms with Gasteiger partial charge in [0.1, 0.15) is 0 Å². The van der Waals surface area contributed by atoms with Gasteiger partial charge in [0.15, 0.2) is 17.4 Å². The summed E-state index contributed by atoms with van der Waals surface area (Å²) in [5.41, 5.74) is 0.961. The van der Waals surface area contributed by atoms with Gasteiger partial charge in [0.2, 0.25) is 0 Å². The second-order valence-electron chi connectivity index (χ2n) is 6.29. The minimum absolute atomic E-state index is 0.193. The Morgan fingerprint density at radius 2 is 1.87 bits per heavy atom. The average Bonchev–Trinajstić information content (AvgIpc) is 3.15. The fraction of sp³-hybridized carbons (Fsp3) is 0.562. The van der Waals surface area contributed by atoms with Gasteiger partial charge in [0.25, 0.3) is 0 Å². The van der Waals surface area contributed by atoms with E-state index in [9.17, 15) is 0 Å². The second kappa shape index (κ2) is 5.58. The lowest BCUT2D eigenvalue weighted by molar-refractivity contribution is -0.178. The molecule has 4 heterocycles. The maximum atomic E-state index is 5.96. The number of piperidine rings is 1. The SMILES string of the molecule is Cc1ccn(-c2ccc(N3CCC4(CC3)OC[C@H](C)O4)nn2)n1. The summed E-state index contributed by atoms with van der Waals surface area (Å²) in [6, 6.07) is 5.89. The summed E-state index contributed by atoms with van der Waals surface area (Å²) >= 11 is 0. The van der Waals surface area contributed by atoms with Gasteiger partial charge in [-0.25, -0.2) is 4.68 Å². The molecule has 2 saturated heterocycles. The Kier molecular flexibility index (Phi) is 3.54. The Morgan fingerprint density at radius 1 is 1.13 bits per heavy atom. The number of ether oxygens (including phenoxy) is 2. The largest absolute Gasteiger partial charge is 0.355 e. The molecule has 2 aromatic heterocycles. The van der Waals surface area contributed by atoms with Crippen LogP contribution in [-0.2, 0) is 9.47 Å². The van der Waals surface area contributed by atoms with Gasteiger partial charge in [0.05, 0.1) is 18.4 Å². The zero-order chi connectivity index (χ0) is 15.9. The van der Waals surface area contributed by atoms with E-state index in [0.29, 0.717) is 6.61 Å². The number of rotatable bonds is 2. The van der Waals surface area contributed by atoms with E-state index in [2.05, 4.69) is 27.1 Å². The summed E-state index contributed by atoms with van der Waals surface area (Å²) in [4.78, 5) is 2.23. The van der Waals surface area contributed by atoms with Gasteiger partial charge in [0, 0.05) is 32.1 Å². The van der Waals surface area contributed by atoms with Gasteiger partial charge >= 0.3 is 0 Å². The van der Waals surface area contributed by atoms with Crippen LogP contribution in [0.5, 0.6) is 0 Å². The fourth-order valence-electron chi connectivity index (χ4n) is 3.19. The van der Waals surface area contributed by atoms with Crippen LogP contribution in [0.1, 0.15) is 25.5 Å². The van der Waals surface area contributed by atoms with Crippen molar-refractivity contribution in [2.75, 3.05) is 24.6 Å². The van der Waals surface area contributed by atoms with E-state index in [0.717, 1.165) is 43.3 Å². The molecule has 0 radical (unpaired) electrons. The third-order valence-electron chi connectivity index (χ3n) is 4.44. The molecular formula is C16H21N5O2. The Hall–Kier alpha value is -1.99. The van der Waals surface area contributed by atoms with E-state index in [-0.39, 0.29) is 11.9 Å². The van der Waals surface area contributed by atoms with Crippen molar-refractivity contribution in [3.8, 4) is 5.82 Å². The molecule has 0 aliphatic carbocycles. The first-order valence-electron chi connectivity index (χ1n) is 8.07. The summed E-state index contributed by atoms with van der Waals surface area (Å²) in [6.07, 6.45) is 3.80. The first-order valence-corrected chi connectivity index (χ1v) is 8.07. The maximum absolute atomic E-state index is 5.96. The van der Waals surface area contributed by atoms with E-state index >= 15 is 0 Å². The molecule has 2 aliphatic rings. The molecule has 7 nitrogen and oxygen atoms in total. The maximum Gasteiger partial charge on any atom is 0.175 e. The third-order valence-corrected chi connectivity index (χ3v) is 4.44. The number of hydrogen-bond donors (Lipinski definition) is 0. The highest BCUT2D eigenvalue weighted by Crippen LogP contribution is 2.34. The van der Waals surface area contributed by atoms with Gasteiger partial charge in [-0.15, -0.1) is 10.2 Å². The van der Waals surface area contributed by atoms with Gasteiger partial charge in [-0.1, -0.05) is 0 Å². The van der Waals surface area contributed by atoms with Crippen LogP contribution in [0, 0.1) is 6.92 Å². The van der Waals surface area contributed by atoms with Crippen LogP contribution in [0.3, 0.4) is 0 Å². The Morgan fingerprint density at radius 3 is 2.43 bits per heavy atom. The molecule has 0 bridgehead atoms. The molecule has 0 saturated carbocycles. The van der Waals surface area contributed by atoms with Crippen LogP contribution in [0.25, 0.3) is 5.82 Å². The molecular weight excluding hydrogens is 294 g/mol. The predicted molar refractivity (Wildman–Crippen MR) is 84.6 cm³/mol. The first-order chi connectivity index (χ1) is 11.1. The molecule has 1 spiro atoms. The summed E-state index contributed by atoms with van der Waals surface area (Å²) in [6.45, 7) is 6.43. The first kappa shape index (κ1) is 14.6. The zero-order valence-electron chi connectivity index (χ0n) is 13.5. The van der Waals surface area contributed by atoms with E-state index in [4.69, 9.17) is 9.47 Å². The van der Waals surface area contributed by atoms with Crippen molar-refractivity contribution in [2.24, 2.45) is 0 Å². The number of aryl methyl sites for hydroxylation is 1. The van der Waals surface area contributed by atoms with Crippen molar-refractivity contribution in [1.29, 1.82) is 0 Å². The standard InChI is InChI=1S/C16H21N5O2/c1-12-5-8-21(19-12)15-4-3-14(17-18-15)20-9-6-16(7-10-20)22-11-13(2)23-16/h3-5,8,13H,6-7,9-11H2,1-2H3/t13-/m0/s1. The van der Waals surface area contributed by atoms with E-state index in [1.54, 1.807) is 4.68 Å². The zero-order valence-corrected chi connectivity index (χ0v) is 13.5. The molecule has 1 atom stereocenters. The topological polar surface area (TPSA) is 65.3 Å². The molecule has 2 aromatic rings. The number of nitrogens with zero attached hydrogens (tertiary/aromatic N) is 5. The number of anilines is 1. The molecule has 4 rings (SSSR count). The fourth-order valence-corrected chi connectivity index (χ4v) is 3.19. The van der Waals surface area contributed by atoms with Gasteiger partial charge < -0.3 is 14.4 Å². The summed E-state index contributed by atoms with van der Waals surface area (Å²) in [5, 5.41) is 13.0. The monoisotopic (exact) mass is 315 g/mol. The van der Waals surface area contributed by atoms with Crippen LogP contribution in [0.15, 0.2) is 24.4 Å². The molecule has 2 fully saturated rings. The molecule has 7 heteroatoms. The third kappa shape index (κ3) is 2.82. The van der Waals surface area contributed by atoms with Crippen LogP contribution in [0.2, 0.25) is 0 Å². The highest BCUT2D eigenvalue weighted by atomic mass is 16.7. The van der Waals surface area contributed by atoms with Crippen molar-refractivity contribution < 1.29 is 9.47 Å². The highest BCUT2D eigenvalue weighted by Gasteiger charge is 2.42.